The lowest BCUT2D eigenvalue weighted by atomic mass is 9.83. The molecule has 2 heterocycles. The average molecular weight is 268 g/mol. The Bertz CT molecular complexity index is 800. The Labute approximate surface area is 116 Å². The number of carbonyl (C=O) groups excluding carboxylic acids is 1. The molecule has 4 heteroatoms. The Balaban J connectivity index is 2.49. The zero-order valence-electron chi connectivity index (χ0n) is 11.6. The molecule has 2 aromatic rings. The summed E-state index contributed by atoms with van der Waals surface area (Å²) in [5.41, 5.74) is 1.17. The van der Waals surface area contributed by atoms with Gasteiger partial charge < -0.3 is 5.11 Å². The number of nitrogens with zero attached hydrogens (tertiary/aromatic N) is 1. The van der Waals surface area contributed by atoms with Crippen LogP contribution in [0, 0.1) is 0 Å². The monoisotopic (exact) mass is 268 g/mol. The average Bonchev–Trinajstić information content (AvgIpc) is 2.59. The van der Waals surface area contributed by atoms with Crippen molar-refractivity contribution in [3.63, 3.8) is 0 Å². The molecule has 0 amide bonds. The Morgan fingerprint density at radius 1 is 1.25 bits per heavy atom. The van der Waals surface area contributed by atoms with Crippen molar-refractivity contribution >= 4 is 5.78 Å². The molecule has 0 spiro atoms. The maximum Gasteiger partial charge on any atom is 0.265 e. The van der Waals surface area contributed by atoms with Crippen molar-refractivity contribution in [2.24, 2.45) is 0 Å². The summed E-state index contributed by atoms with van der Waals surface area (Å²) >= 11 is 0. The van der Waals surface area contributed by atoms with Crippen molar-refractivity contribution in [1.29, 1.82) is 0 Å². The number of ketones is 1. The second-order valence-electron chi connectivity index (χ2n) is 5.61. The van der Waals surface area contributed by atoms with E-state index in [1.54, 1.807) is 0 Å². The van der Waals surface area contributed by atoms with Crippen molar-refractivity contribution in [2.45, 2.75) is 26.2 Å². The lowest BCUT2D eigenvalue weighted by Gasteiger charge is -2.22. The molecule has 4 nitrogen and oxygen atoms in total. The van der Waals surface area contributed by atoms with Crippen LogP contribution in [-0.2, 0) is 5.41 Å². The number of hydrogen-bond donors (Lipinski definition) is 0. The fraction of sp³-hybridized carbons (Fsp3) is 0.250. The van der Waals surface area contributed by atoms with Crippen molar-refractivity contribution in [3.8, 4) is 11.4 Å². The number of fused-ring (bicyclic) bond motifs is 3. The number of pyridine rings is 1. The fourth-order valence-electron chi connectivity index (χ4n) is 2.95. The van der Waals surface area contributed by atoms with Crippen LogP contribution in [-0.4, -0.2) is 10.4 Å². The fourth-order valence-corrected chi connectivity index (χ4v) is 2.95. The van der Waals surface area contributed by atoms with E-state index < -0.39 is 22.5 Å². The van der Waals surface area contributed by atoms with E-state index >= 15 is 0 Å². The van der Waals surface area contributed by atoms with Crippen molar-refractivity contribution in [3.05, 3.63) is 57.5 Å². The van der Waals surface area contributed by atoms with Gasteiger partial charge in [0.1, 0.15) is 0 Å². The summed E-state index contributed by atoms with van der Waals surface area (Å²) in [4.78, 5) is 24.1. The topological polar surface area (TPSA) is 62.1 Å². The van der Waals surface area contributed by atoms with Gasteiger partial charge in [0.05, 0.1) is 11.3 Å². The van der Waals surface area contributed by atoms with Crippen molar-refractivity contribution in [2.75, 3.05) is 0 Å². The zero-order valence-corrected chi connectivity index (χ0v) is 11.6. The van der Waals surface area contributed by atoms with Crippen LogP contribution in [0.3, 0.4) is 0 Å². The number of hydrogen-bond acceptors (Lipinski definition) is 3. The van der Waals surface area contributed by atoms with Gasteiger partial charge in [0.15, 0.2) is 5.78 Å². The van der Waals surface area contributed by atoms with Gasteiger partial charge in [-0.15, -0.1) is 0 Å². The van der Waals surface area contributed by atoms with E-state index in [4.69, 9.17) is 0 Å². The third-order valence-corrected chi connectivity index (χ3v) is 3.98. The third kappa shape index (κ3) is 1.42. The molecule has 0 unspecified atom stereocenters. The highest BCUT2D eigenvalue weighted by molar-refractivity contribution is 5.96. The van der Waals surface area contributed by atoms with Crippen LogP contribution in [0.15, 0.2) is 35.1 Å². The number of carbonyl (C=O) groups is 1. The normalized spacial score (nSPS) is 14.8. The van der Waals surface area contributed by atoms with Crippen molar-refractivity contribution < 1.29 is 9.90 Å². The Morgan fingerprint density at radius 3 is 2.55 bits per heavy atom. The highest BCUT2D eigenvalue weighted by Crippen LogP contribution is 2.42. The van der Waals surface area contributed by atoms with Gasteiger partial charge in [-0.1, -0.05) is 37.8 Å². The molecule has 1 aromatic heterocycles. The standard InChI is InChI=1S/C16H15NO3/c1-9(18)14-12(19)8-13-16(2,3)10-6-4-5-7-11(10)17(13)15(14)20/h4-8,19H,1-3H3/p-1. The van der Waals surface area contributed by atoms with E-state index in [-0.39, 0.29) is 5.56 Å². The van der Waals surface area contributed by atoms with E-state index in [1.807, 2.05) is 38.1 Å². The third-order valence-electron chi connectivity index (χ3n) is 3.98. The number of Topliss-reactive ketones (excluding diaryl/α,β-unsaturated/α-hetero) is 1. The summed E-state index contributed by atoms with van der Waals surface area (Å²) < 4.78 is 1.49. The molecule has 1 aliphatic heterocycles. The molecule has 0 saturated heterocycles. The van der Waals surface area contributed by atoms with Gasteiger partial charge in [-0.2, -0.15) is 0 Å². The lowest BCUT2D eigenvalue weighted by molar-refractivity contribution is -0.269. The van der Waals surface area contributed by atoms with Gasteiger partial charge in [-0.25, -0.2) is 0 Å². The minimum atomic E-state index is -0.516. The van der Waals surface area contributed by atoms with Crippen LogP contribution >= 0.6 is 0 Å². The number of benzene rings is 1. The van der Waals surface area contributed by atoms with Gasteiger partial charge in [0.25, 0.3) is 5.56 Å². The first-order valence-corrected chi connectivity index (χ1v) is 6.44. The van der Waals surface area contributed by atoms with Crippen LogP contribution in [0.5, 0.6) is 5.75 Å². The maximum atomic E-state index is 12.5. The van der Waals surface area contributed by atoms with Gasteiger partial charge >= 0.3 is 0 Å². The minimum absolute atomic E-state index is 0.263. The minimum Gasteiger partial charge on any atom is -0.872 e. The van der Waals surface area contributed by atoms with Gasteiger partial charge in [-0.05, 0) is 24.6 Å². The first-order valence-electron chi connectivity index (χ1n) is 6.44. The largest absolute Gasteiger partial charge is 0.872 e. The molecule has 0 fully saturated rings. The molecule has 0 N–H and O–H groups in total. The van der Waals surface area contributed by atoms with Crippen LogP contribution in [0.1, 0.15) is 42.4 Å². The molecule has 0 saturated carbocycles. The molecule has 1 aliphatic rings. The smallest absolute Gasteiger partial charge is 0.265 e. The second-order valence-corrected chi connectivity index (χ2v) is 5.61. The molecule has 0 bridgehead atoms. The Hall–Kier alpha value is -2.36. The SMILES string of the molecule is CC(=O)c1c([O-])cc2n(c1=O)-c1ccccc1C2(C)C. The second kappa shape index (κ2) is 3.82. The first kappa shape index (κ1) is 12.7. The lowest BCUT2D eigenvalue weighted by Crippen LogP contribution is -2.29. The molecule has 102 valence electrons. The summed E-state index contributed by atoms with van der Waals surface area (Å²) in [5, 5.41) is 12.0. The van der Waals surface area contributed by atoms with Gasteiger partial charge in [0.2, 0.25) is 0 Å². The zero-order chi connectivity index (χ0) is 14.7. The van der Waals surface area contributed by atoms with Gasteiger partial charge in [-0.3, -0.25) is 14.2 Å². The van der Waals surface area contributed by atoms with Crippen molar-refractivity contribution in [1.82, 2.24) is 4.57 Å². The molecular weight excluding hydrogens is 254 g/mol. The van der Waals surface area contributed by atoms with E-state index in [2.05, 4.69) is 0 Å². The van der Waals surface area contributed by atoms with E-state index in [1.165, 1.54) is 17.6 Å². The van der Waals surface area contributed by atoms with E-state index in [0.717, 1.165) is 11.3 Å². The van der Waals surface area contributed by atoms with Crippen LogP contribution < -0.4 is 10.7 Å². The van der Waals surface area contributed by atoms with Crippen LogP contribution in [0.2, 0.25) is 0 Å². The highest BCUT2D eigenvalue weighted by Gasteiger charge is 2.36. The molecule has 3 rings (SSSR count). The molecule has 0 atom stereocenters. The quantitative estimate of drug-likeness (QED) is 0.740. The molecule has 0 radical (unpaired) electrons. The number of rotatable bonds is 1. The summed E-state index contributed by atoms with van der Waals surface area (Å²) in [6, 6.07) is 8.94. The summed E-state index contributed by atoms with van der Waals surface area (Å²) in [6.45, 7) is 5.19. The molecular formula is C16H14NO3-. The summed E-state index contributed by atoms with van der Waals surface area (Å²) in [5.74, 6) is -0.980. The number of aromatic nitrogens is 1. The Kier molecular flexibility index (Phi) is 2.42. The first-order chi connectivity index (χ1) is 9.35. The number of para-hydroxylation sites is 1. The maximum absolute atomic E-state index is 12.5. The molecule has 1 aromatic carbocycles. The van der Waals surface area contributed by atoms with Crippen LogP contribution in [0.4, 0.5) is 0 Å². The summed E-state index contributed by atoms with van der Waals surface area (Å²) in [7, 11) is 0. The molecule has 0 aliphatic carbocycles. The highest BCUT2D eigenvalue weighted by atomic mass is 16.3. The Morgan fingerprint density at radius 2 is 1.90 bits per heavy atom. The van der Waals surface area contributed by atoms with Gasteiger partial charge in [0, 0.05) is 11.1 Å². The van der Waals surface area contributed by atoms with E-state index in [0.29, 0.717) is 5.69 Å². The predicted octanol–water partition coefficient (Wildman–Crippen LogP) is 1.75. The summed E-state index contributed by atoms with van der Waals surface area (Å²) in [6.07, 6.45) is 0. The van der Waals surface area contributed by atoms with E-state index in [9.17, 15) is 14.7 Å². The van der Waals surface area contributed by atoms with Crippen LogP contribution in [0.25, 0.3) is 5.69 Å². The predicted molar refractivity (Wildman–Crippen MR) is 73.6 cm³/mol. The molecule has 20 heavy (non-hydrogen) atoms.